The summed E-state index contributed by atoms with van der Waals surface area (Å²) in [5, 5.41) is 0.849. The number of nitrogens with zero attached hydrogens (tertiary/aromatic N) is 2. The molecule has 2 aliphatic carbocycles. The third kappa shape index (κ3) is 7.82. The number of amides is 2. The van der Waals surface area contributed by atoms with Crippen LogP contribution in [0.1, 0.15) is 102 Å². The Balaban J connectivity index is 1.24. The van der Waals surface area contributed by atoms with Gasteiger partial charge in [-0.25, -0.2) is 13.4 Å². The number of carbonyl (C=O) groups excluding carboxylic acids is 4. The van der Waals surface area contributed by atoms with Crippen molar-refractivity contribution >= 4 is 44.5 Å². The van der Waals surface area contributed by atoms with Gasteiger partial charge in [0.05, 0.1) is 40.4 Å². The highest BCUT2D eigenvalue weighted by atomic mass is 32.2. The minimum Gasteiger partial charge on any atom is -0.483 e. The first kappa shape index (κ1) is 42.9. The summed E-state index contributed by atoms with van der Waals surface area (Å²) in [5.41, 5.74) is -5.36. The predicted octanol–water partition coefficient (Wildman–Crippen LogP) is 7.13. The molecule has 11 nitrogen and oxygen atoms in total. The van der Waals surface area contributed by atoms with Gasteiger partial charge in [0.2, 0.25) is 21.8 Å². The second kappa shape index (κ2) is 14.8. The molecule has 2 saturated carbocycles. The lowest BCUT2D eigenvalue weighted by Crippen LogP contribution is -2.57. The summed E-state index contributed by atoms with van der Waals surface area (Å²) in [5.74, 6) is -5.69. The molecule has 7 rings (SSSR count). The zero-order chi connectivity index (χ0) is 43.0. The SMILES string of the molecule is Cc1nc2ccccc2c2c1O[C@]1(CC2)C[C@H]2C(=O)C[C@]3(C(=O)NS(=O)(=O)C4(C)CC4)C[C@H]3/C=C\CCCCC[C@H](CC(=O)OC(C)(C(F)(F)F)C(F)(F)F)C(=O)N2C1. The van der Waals surface area contributed by atoms with E-state index < -0.39 is 98.0 Å². The number of allylic oxidation sites excluding steroid dienone is 2. The lowest BCUT2D eigenvalue weighted by molar-refractivity contribution is -0.363. The highest BCUT2D eigenvalue weighted by Crippen LogP contribution is 2.58. The Kier molecular flexibility index (Phi) is 10.7. The molecule has 2 aromatic rings. The maximum atomic E-state index is 14.7. The van der Waals surface area contributed by atoms with Gasteiger partial charge in [-0.2, -0.15) is 26.3 Å². The Labute approximate surface area is 337 Å². The number of Topliss-reactive ketones (excluding diaryl/α,β-unsaturated/α-hetero) is 1. The highest BCUT2D eigenvalue weighted by Gasteiger charge is 2.71. The van der Waals surface area contributed by atoms with Crippen molar-refractivity contribution in [3.05, 3.63) is 47.7 Å². The van der Waals surface area contributed by atoms with Gasteiger partial charge in [-0.3, -0.25) is 23.9 Å². The molecule has 59 heavy (non-hydrogen) atoms. The molecule has 5 atom stereocenters. The number of aryl methyl sites for hydroxylation is 2. The number of nitrogens with one attached hydrogen (secondary N) is 1. The third-order valence-electron chi connectivity index (χ3n) is 13.2. The average Bonchev–Trinajstić information content (AvgIpc) is 4.04. The lowest BCUT2D eigenvalue weighted by atomic mass is 9.85. The van der Waals surface area contributed by atoms with Crippen molar-refractivity contribution < 1.29 is 63.4 Å². The molecule has 1 aromatic carbocycles. The van der Waals surface area contributed by atoms with Crippen LogP contribution in [0.15, 0.2) is 36.4 Å². The monoisotopic (exact) mass is 855 g/mol. The van der Waals surface area contributed by atoms with E-state index in [0.717, 1.165) is 16.5 Å². The molecule has 2 amide bonds. The van der Waals surface area contributed by atoms with E-state index in [-0.39, 0.29) is 39.2 Å². The minimum absolute atomic E-state index is 0.0881. The topological polar surface area (TPSA) is 149 Å². The molecule has 18 heteroatoms. The van der Waals surface area contributed by atoms with Gasteiger partial charge in [0.1, 0.15) is 11.4 Å². The van der Waals surface area contributed by atoms with Crippen molar-refractivity contribution in [2.45, 2.75) is 139 Å². The number of aromatic nitrogens is 1. The summed E-state index contributed by atoms with van der Waals surface area (Å²) in [7, 11) is -4.09. The number of para-hydroxylation sites is 1. The van der Waals surface area contributed by atoms with E-state index in [4.69, 9.17) is 4.74 Å². The van der Waals surface area contributed by atoms with Crippen LogP contribution in [0.5, 0.6) is 5.75 Å². The number of sulfonamides is 1. The van der Waals surface area contributed by atoms with Crippen molar-refractivity contribution in [2.24, 2.45) is 17.3 Å². The molecule has 1 saturated heterocycles. The van der Waals surface area contributed by atoms with Crippen LogP contribution in [0.2, 0.25) is 0 Å². The molecule has 1 aromatic heterocycles. The minimum atomic E-state index is -6.02. The van der Waals surface area contributed by atoms with E-state index in [0.29, 0.717) is 56.4 Å². The molecule has 0 unspecified atom stereocenters. The van der Waals surface area contributed by atoms with Gasteiger partial charge in [0, 0.05) is 29.7 Å². The number of halogens is 6. The van der Waals surface area contributed by atoms with Crippen LogP contribution in [0.4, 0.5) is 26.3 Å². The predicted molar refractivity (Wildman–Crippen MR) is 200 cm³/mol. The van der Waals surface area contributed by atoms with Crippen molar-refractivity contribution in [1.29, 1.82) is 0 Å². The van der Waals surface area contributed by atoms with Gasteiger partial charge in [0.25, 0.3) is 5.60 Å². The Bertz CT molecular complexity index is 2190. The molecule has 0 radical (unpaired) electrons. The summed E-state index contributed by atoms with van der Waals surface area (Å²) in [6.07, 6.45) is -6.83. The fourth-order valence-corrected chi connectivity index (χ4v) is 10.2. The van der Waals surface area contributed by atoms with E-state index in [1.807, 2.05) is 30.3 Å². The van der Waals surface area contributed by atoms with Crippen molar-refractivity contribution in [1.82, 2.24) is 14.6 Å². The third-order valence-corrected chi connectivity index (χ3v) is 15.3. The molecule has 322 valence electrons. The molecule has 1 N–H and O–H groups in total. The average molecular weight is 856 g/mol. The Hall–Kier alpha value is -4.22. The summed E-state index contributed by atoms with van der Waals surface area (Å²) in [6.45, 7) is 2.76. The number of esters is 1. The maximum absolute atomic E-state index is 14.7. The van der Waals surface area contributed by atoms with E-state index in [9.17, 15) is 53.9 Å². The van der Waals surface area contributed by atoms with Crippen molar-refractivity contribution in [3.63, 3.8) is 0 Å². The van der Waals surface area contributed by atoms with Gasteiger partial charge in [0.15, 0.2) is 5.78 Å². The van der Waals surface area contributed by atoms with Crippen LogP contribution in [0.3, 0.4) is 0 Å². The molecule has 1 spiro atoms. The van der Waals surface area contributed by atoms with E-state index in [2.05, 4.69) is 14.4 Å². The molecule has 5 aliphatic rings. The Morgan fingerprint density at radius 2 is 1.71 bits per heavy atom. The number of ketones is 1. The number of hydrogen-bond acceptors (Lipinski definition) is 9. The number of carbonyl (C=O) groups is 4. The smallest absolute Gasteiger partial charge is 0.437 e. The van der Waals surface area contributed by atoms with Crippen LogP contribution in [0.25, 0.3) is 10.9 Å². The van der Waals surface area contributed by atoms with Crippen LogP contribution in [-0.2, 0) is 40.4 Å². The van der Waals surface area contributed by atoms with Crippen molar-refractivity contribution in [3.8, 4) is 5.75 Å². The van der Waals surface area contributed by atoms with E-state index >= 15 is 0 Å². The number of hydrogen-bond donors (Lipinski definition) is 1. The zero-order valence-corrected chi connectivity index (χ0v) is 33.7. The summed E-state index contributed by atoms with van der Waals surface area (Å²) >= 11 is 0. The summed E-state index contributed by atoms with van der Waals surface area (Å²) in [4.78, 5) is 62.3. The quantitative estimate of drug-likeness (QED) is 0.182. The van der Waals surface area contributed by atoms with Crippen LogP contribution < -0.4 is 9.46 Å². The molecule has 3 fully saturated rings. The standard InChI is InChI=1S/C41H47F6N3O8S/c1-24-33-28(27-13-9-10-14-29(27)48-24)15-16-38(58-33)21-30-31(51)22-39(35(54)49-59(55,56)36(2)17-18-36)20-26(39)12-8-6-4-5-7-11-25(34(53)50(30)23-38)19-32(52)57-37(3,40(42,43)44)41(45,46)47/h8-10,12-14,25-26,30H,4-7,11,15-23H2,1-3H3,(H,49,54)/b12-8-/t25-,26-,30+,38-,39-/m1/s1. The van der Waals surface area contributed by atoms with Gasteiger partial charge < -0.3 is 14.4 Å². The van der Waals surface area contributed by atoms with Crippen LogP contribution in [0, 0.1) is 24.2 Å². The fourth-order valence-electron chi connectivity index (χ4n) is 8.86. The van der Waals surface area contributed by atoms with Gasteiger partial charge in [-0.15, -0.1) is 0 Å². The molecule has 0 bridgehead atoms. The summed E-state index contributed by atoms with van der Waals surface area (Å²) in [6, 6.07) is 6.16. The number of fused-ring (bicyclic) bond motifs is 5. The number of ether oxygens (including phenoxy) is 2. The Morgan fingerprint density at radius 3 is 2.39 bits per heavy atom. The first-order valence-electron chi connectivity index (χ1n) is 19.9. The van der Waals surface area contributed by atoms with E-state index in [1.165, 1.54) is 11.8 Å². The lowest BCUT2D eigenvalue weighted by Gasteiger charge is -2.37. The fraction of sp³-hybridized carbons (Fsp3) is 0.634. The first-order valence-corrected chi connectivity index (χ1v) is 21.4. The van der Waals surface area contributed by atoms with E-state index in [1.54, 1.807) is 13.0 Å². The van der Waals surface area contributed by atoms with Gasteiger partial charge in [-0.1, -0.05) is 43.2 Å². The number of pyridine rings is 1. The van der Waals surface area contributed by atoms with Gasteiger partial charge >= 0.3 is 18.3 Å². The number of benzene rings is 1. The highest BCUT2D eigenvalue weighted by molar-refractivity contribution is 7.91. The second-order valence-corrected chi connectivity index (χ2v) is 19.7. The zero-order valence-electron chi connectivity index (χ0n) is 32.9. The first-order chi connectivity index (χ1) is 27.4. The molecular formula is C41H47F6N3O8S. The summed E-state index contributed by atoms with van der Waals surface area (Å²) < 4.78 is 121. The van der Waals surface area contributed by atoms with Crippen molar-refractivity contribution in [2.75, 3.05) is 6.54 Å². The number of alkyl halides is 6. The molecule has 3 aliphatic heterocycles. The molecule has 4 heterocycles. The maximum Gasteiger partial charge on any atom is 0.437 e. The molecular weight excluding hydrogens is 809 g/mol. The largest absolute Gasteiger partial charge is 0.483 e. The number of rotatable bonds is 6. The van der Waals surface area contributed by atoms with Gasteiger partial charge in [-0.05, 0) is 84.1 Å². The Morgan fingerprint density at radius 1 is 1.02 bits per heavy atom. The van der Waals surface area contributed by atoms with Crippen LogP contribution >= 0.6 is 0 Å². The van der Waals surface area contributed by atoms with Crippen LogP contribution in [-0.4, -0.2) is 82.8 Å². The normalized spacial score (nSPS) is 29.3. The second-order valence-electron chi connectivity index (χ2n) is 17.5.